The van der Waals surface area contributed by atoms with Gasteiger partial charge in [-0.25, -0.2) is 0 Å². The molecule has 1 saturated heterocycles. The van der Waals surface area contributed by atoms with Crippen LogP contribution in [0.5, 0.6) is 0 Å². The SMILES string of the molecule is Cc1cc(NC(=O)C2CCN(C(=O)Cc3c(Cl)cccc3Cl)CC2)no1. The summed E-state index contributed by atoms with van der Waals surface area (Å²) in [4.78, 5) is 26.6. The first-order chi connectivity index (χ1) is 12.4. The van der Waals surface area contributed by atoms with Gasteiger partial charge in [-0.3, -0.25) is 9.59 Å². The van der Waals surface area contributed by atoms with Crippen LogP contribution in [0, 0.1) is 12.8 Å². The third kappa shape index (κ3) is 4.37. The Morgan fingerprint density at radius 2 is 1.92 bits per heavy atom. The molecule has 26 heavy (non-hydrogen) atoms. The van der Waals surface area contributed by atoms with Gasteiger partial charge < -0.3 is 14.7 Å². The van der Waals surface area contributed by atoms with Crippen molar-refractivity contribution in [2.45, 2.75) is 26.2 Å². The fourth-order valence-electron chi connectivity index (χ4n) is 3.01. The number of benzene rings is 1. The van der Waals surface area contributed by atoms with Gasteiger partial charge in [-0.05, 0) is 37.5 Å². The lowest BCUT2D eigenvalue weighted by Crippen LogP contribution is -2.42. The Balaban J connectivity index is 1.53. The number of carbonyl (C=O) groups is 2. The van der Waals surface area contributed by atoms with Crippen LogP contribution >= 0.6 is 23.2 Å². The number of anilines is 1. The number of hydrogen-bond acceptors (Lipinski definition) is 4. The number of carbonyl (C=O) groups excluding carboxylic acids is 2. The summed E-state index contributed by atoms with van der Waals surface area (Å²) in [6.45, 7) is 2.81. The zero-order chi connectivity index (χ0) is 18.7. The van der Waals surface area contributed by atoms with Crippen LogP contribution in [-0.4, -0.2) is 35.0 Å². The second-order valence-corrected chi connectivity index (χ2v) is 7.16. The average molecular weight is 396 g/mol. The van der Waals surface area contributed by atoms with Crippen molar-refractivity contribution in [1.29, 1.82) is 0 Å². The molecule has 0 unspecified atom stereocenters. The molecule has 8 heteroatoms. The number of aromatic nitrogens is 1. The minimum Gasteiger partial charge on any atom is -0.360 e. The molecule has 1 aliphatic rings. The van der Waals surface area contributed by atoms with E-state index in [1.807, 2.05) is 0 Å². The van der Waals surface area contributed by atoms with Crippen LogP contribution in [0.4, 0.5) is 5.82 Å². The molecular weight excluding hydrogens is 377 g/mol. The molecule has 0 radical (unpaired) electrons. The van der Waals surface area contributed by atoms with Gasteiger partial charge in [0.25, 0.3) is 0 Å². The van der Waals surface area contributed by atoms with E-state index in [0.29, 0.717) is 53.1 Å². The van der Waals surface area contributed by atoms with E-state index in [0.717, 1.165) is 0 Å². The number of nitrogens with zero attached hydrogens (tertiary/aromatic N) is 2. The summed E-state index contributed by atoms with van der Waals surface area (Å²) in [7, 11) is 0. The number of likely N-dealkylation sites (tertiary alicyclic amines) is 1. The average Bonchev–Trinajstić information content (AvgIpc) is 3.03. The number of aryl methyl sites for hydroxylation is 1. The molecular formula is C18H19Cl2N3O3. The molecule has 0 saturated carbocycles. The summed E-state index contributed by atoms with van der Waals surface area (Å²) in [6.07, 6.45) is 1.36. The molecule has 0 aliphatic carbocycles. The van der Waals surface area contributed by atoms with Gasteiger partial charge in [0.05, 0.1) is 6.42 Å². The molecule has 0 spiro atoms. The third-order valence-electron chi connectivity index (χ3n) is 4.49. The van der Waals surface area contributed by atoms with E-state index in [2.05, 4.69) is 10.5 Å². The van der Waals surface area contributed by atoms with E-state index in [1.165, 1.54) is 0 Å². The van der Waals surface area contributed by atoms with Crippen LogP contribution in [0.15, 0.2) is 28.8 Å². The highest BCUT2D eigenvalue weighted by atomic mass is 35.5. The number of rotatable bonds is 4. The summed E-state index contributed by atoms with van der Waals surface area (Å²) >= 11 is 12.3. The van der Waals surface area contributed by atoms with E-state index in [4.69, 9.17) is 27.7 Å². The first-order valence-corrected chi connectivity index (χ1v) is 9.14. The molecule has 2 amide bonds. The Bertz CT molecular complexity index is 794. The summed E-state index contributed by atoms with van der Waals surface area (Å²) in [6, 6.07) is 6.86. The summed E-state index contributed by atoms with van der Waals surface area (Å²) < 4.78 is 4.94. The van der Waals surface area contributed by atoms with Gasteiger partial charge in [0, 0.05) is 35.1 Å². The molecule has 0 bridgehead atoms. The molecule has 2 aromatic rings. The van der Waals surface area contributed by atoms with Gasteiger partial charge in [-0.15, -0.1) is 0 Å². The molecule has 2 heterocycles. The van der Waals surface area contributed by atoms with Crippen molar-refractivity contribution in [3.05, 3.63) is 45.6 Å². The number of halogens is 2. The smallest absolute Gasteiger partial charge is 0.228 e. The van der Waals surface area contributed by atoms with Crippen molar-refractivity contribution >= 4 is 40.8 Å². The fourth-order valence-corrected chi connectivity index (χ4v) is 3.54. The fraction of sp³-hybridized carbons (Fsp3) is 0.389. The van der Waals surface area contributed by atoms with Crippen LogP contribution in [0.25, 0.3) is 0 Å². The van der Waals surface area contributed by atoms with Gasteiger partial charge in [-0.2, -0.15) is 0 Å². The topological polar surface area (TPSA) is 75.4 Å². The monoisotopic (exact) mass is 395 g/mol. The van der Waals surface area contributed by atoms with E-state index in [1.54, 1.807) is 36.1 Å². The maximum atomic E-state index is 12.5. The lowest BCUT2D eigenvalue weighted by molar-refractivity contribution is -0.133. The molecule has 1 N–H and O–H groups in total. The maximum absolute atomic E-state index is 12.5. The van der Waals surface area contributed by atoms with Crippen molar-refractivity contribution < 1.29 is 14.1 Å². The molecule has 138 valence electrons. The predicted octanol–water partition coefficient (Wildman–Crippen LogP) is 3.71. The van der Waals surface area contributed by atoms with Crippen molar-refractivity contribution in [2.75, 3.05) is 18.4 Å². The van der Waals surface area contributed by atoms with Gasteiger partial charge in [0.15, 0.2) is 5.82 Å². The minimum atomic E-state index is -0.153. The van der Waals surface area contributed by atoms with Crippen molar-refractivity contribution in [3.63, 3.8) is 0 Å². The quantitative estimate of drug-likeness (QED) is 0.855. The van der Waals surface area contributed by atoms with E-state index in [9.17, 15) is 9.59 Å². The Kier molecular flexibility index (Phi) is 5.84. The second-order valence-electron chi connectivity index (χ2n) is 6.34. The van der Waals surface area contributed by atoms with Gasteiger partial charge in [-0.1, -0.05) is 34.4 Å². The molecule has 1 fully saturated rings. The number of nitrogens with one attached hydrogen (secondary N) is 1. The molecule has 1 aromatic heterocycles. The normalized spacial score (nSPS) is 15.1. The lowest BCUT2D eigenvalue weighted by Gasteiger charge is -2.31. The van der Waals surface area contributed by atoms with Crippen LogP contribution in [0.2, 0.25) is 10.0 Å². The predicted molar refractivity (Wildman–Crippen MR) is 99.3 cm³/mol. The summed E-state index contributed by atoms with van der Waals surface area (Å²) in [5.74, 6) is 0.767. The van der Waals surface area contributed by atoms with E-state index >= 15 is 0 Å². The van der Waals surface area contributed by atoms with Gasteiger partial charge in [0.1, 0.15) is 5.76 Å². The number of hydrogen-bond donors (Lipinski definition) is 1. The van der Waals surface area contributed by atoms with Crippen molar-refractivity contribution in [3.8, 4) is 0 Å². The molecule has 3 rings (SSSR count). The van der Waals surface area contributed by atoms with Crippen LogP contribution in [0.3, 0.4) is 0 Å². The highest BCUT2D eigenvalue weighted by Gasteiger charge is 2.28. The van der Waals surface area contributed by atoms with Crippen LogP contribution in [-0.2, 0) is 16.0 Å². The Hall–Kier alpha value is -2.05. The molecule has 1 aromatic carbocycles. The largest absolute Gasteiger partial charge is 0.360 e. The van der Waals surface area contributed by atoms with Crippen LogP contribution < -0.4 is 5.32 Å². The number of amides is 2. The first-order valence-electron chi connectivity index (χ1n) is 8.39. The van der Waals surface area contributed by atoms with Crippen molar-refractivity contribution in [2.24, 2.45) is 5.92 Å². The van der Waals surface area contributed by atoms with Crippen molar-refractivity contribution in [1.82, 2.24) is 10.1 Å². The summed E-state index contributed by atoms with van der Waals surface area (Å²) in [5, 5.41) is 7.49. The highest BCUT2D eigenvalue weighted by molar-refractivity contribution is 6.36. The molecule has 1 aliphatic heterocycles. The van der Waals surface area contributed by atoms with E-state index < -0.39 is 0 Å². The van der Waals surface area contributed by atoms with Gasteiger partial charge >= 0.3 is 0 Å². The van der Waals surface area contributed by atoms with E-state index in [-0.39, 0.29) is 24.2 Å². The number of piperidine rings is 1. The third-order valence-corrected chi connectivity index (χ3v) is 5.20. The maximum Gasteiger partial charge on any atom is 0.228 e. The Morgan fingerprint density at radius 1 is 1.27 bits per heavy atom. The second kappa shape index (κ2) is 8.10. The standard InChI is InChI=1S/C18H19Cl2N3O3/c1-11-9-16(22-26-11)21-18(25)12-5-7-23(8-6-12)17(24)10-13-14(19)3-2-4-15(13)20/h2-4,9,12H,5-8,10H2,1H3,(H,21,22,25). The Morgan fingerprint density at radius 3 is 2.50 bits per heavy atom. The lowest BCUT2D eigenvalue weighted by atomic mass is 9.95. The Labute approximate surface area is 161 Å². The highest BCUT2D eigenvalue weighted by Crippen LogP contribution is 2.26. The van der Waals surface area contributed by atoms with Gasteiger partial charge in [0.2, 0.25) is 11.8 Å². The van der Waals surface area contributed by atoms with Crippen LogP contribution in [0.1, 0.15) is 24.2 Å². The minimum absolute atomic E-state index is 0.0361. The summed E-state index contributed by atoms with van der Waals surface area (Å²) in [5.41, 5.74) is 0.641. The first kappa shape index (κ1) is 18.7. The molecule has 0 atom stereocenters. The zero-order valence-corrected chi connectivity index (χ0v) is 15.8. The zero-order valence-electron chi connectivity index (χ0n) is 14.3. The molecule has 6 nitrogen and oxygen atoms in total.